The Labute approximate surface area is 132 Å². The van der Waals surface area contributed by atoms with E-state index in [1.807, 2.05) is 44.2 Å². The van der Waals surface area contributed by atoms with Crippen LogP contribution in [0.4, 0.5) is 0 Å². The summed E-state index contributed by atoms with van der Waals surface area (Å²) in [5.41, 5.74) is 1.01. The molecule has 1 aliphatic heterocycles. The predicted molar refractivity (Wildman–Crippen MR) is 86.8 cm³/mol. The van der Waals surface area contributed by atoms with E-state index in [1.165, 1.54) is 4.31 Å². The van der Waals surface area contributed by atoms with Crippen LogP contribution in [0.5, 0.6) is 0 Å². The van der Waals surface area contributed by atoms with Crippen molar-refractivity contribution < 1.29 is 13.2 Å². The molecule has 0 saturated carbocycles. The van der Waals surface area contributed by atoms with Crippen LogP contribution in [-0.2, 0) is 14.8 Å². The summed E-state index contributed by atoms with van der Waals surface area (Å²) in [6, 6.07) is 8.97. The normalized spacial score (nSPS) is 20.7. The molecule has 0 aromatic heterocycles. The molecule has 2 rings (SSSR count). The predicted octanol–water partition coefficient (Wildman–Crippen LogP) is 2.07. The molecule has 0 spiro atoms. The van der Waals surface area contributed by atoms with E-state index < -0.39 is 16.1 Å². The summed E-state index contributed by atoms with van der Waals surface area (Å²) in [7, 11) is -3.33. The first-order chi connectivity index (χ1) is 10.5. The molecule has 1 aliphatic rings. The molecular weight excluding hydrogens is 300 g/mol. The smallest absolute Gasteiger partial charge is 0.238 e. The van der Waals surface area contributed by atoms with Gasteiger partial charge in [-0.3, -0.25) is 4.79 Å². The molecule has 6 heteroatoms. The fourth-order valence-corrected chi connectivity index (χ4v) is 4.59. The number of hydrogen-bond acceptors (Lipinski definition) is 3. The summed E-state index contributed by atoms with van der Waals surface area (Å²) in [6.07, 6.45) is 1.89. The molecule has 2 atom stereocenters. The number of sulfonamides is 1. The van der Waals surface area contributed by atoms with E-state index in [4.69, 9.17) is 0 Å². The van der Waals surface area contributed by atoms with E-state index in [2.05, 4.69) is 5.32 Å². The van der Waals surface area contributed by atoms with E-state index in [9.17, 15) is 13.2 Å². The molecule has 1 saturated heterocycles. The molecule has 122 valence electrons. The Balaban J connectivity index is 2.05. The van der Waals surface area contributed by atoms with Crippen molar-refractivity contribution in [2.45, 2.75) is 45.2 Å². The van der Waals surface area contributed by atoms with Gasteiger partial charge < -0.3 is 5.32 Å². The average molecular weight is 324 g/mol. The van der Waals surface area contributed by atoms with Gasteiger partial charge in [-0.25, -0.2) is 8.42 Å². The van der Waals surface area contributed by atoms with E-state index in [0.29, 0.717) is 19.4 Å². The van der Waals surface area contributed by atoms with Gasteiger partial charge in [0.25, 0.3) is 0 Å². The maximum atomic E-state index is 12.5. The Kier molecular flexibility index (Phi) is 5.58. The van der Waals surface area contributed by atoms with Crippen LogP contribution in [0.1, 0.15) is 44.7 Å². The van der Waals surface area contributed by atoms with Crippen LogP contribution in [0.15, 0.2) is 30.3 Å². The average Bonchev–Trinajstić information content (AvgIpc) is 2.98. The summed E-state index contributed by atoms with van der Waals surface area (Å²) in [5, 5.41) is 2.94. The number of carbonyl (C=O) groups excluding carboxylic acids is 1. The van der Waals surface area contributed by atoms with E-state index in [-0.39, 0.29) is 17.7 Å². The largest absolute Gasteiger partial charge is 0.348 e. The molecule has 0 bridgehead atoms. The molecule has 0 unspecified atom stereocenters. The molecule has 1 heterocycles. The summed E-state index contributed by atoms with van der Waals surface area (Å²) < 4.78 is 25.9. The lowest BCUT2D eigenvalue weighted by Gasteiger charge is -2.25. The lowest BCUT2D eigenvalue weighted by molar-refractivity contribution is -0.124. The van der Waals surface area contributed by atoms with Crippen LogP contribution in [0.2, 0.25) is 0 Å². The molecule has 1 aromatic rings. The Hall–Kier alpha value is -1.40. The second kappa shape index (κ2) is 7.24. The van der Waals surface area contributed by atoms with Gasteiger partial charge in [-0.2, -0.15) is 4.31 Å². The Morgan fingerprint density at radius 1 is 1.36 bits per heavy atom. The third-order valence-corrected chi connectivity index (χ3v) is 6.06. The Morgan fingerprint density at radius 3 is 2.68 bits per heavy atom. The van der Waals surface area contributed by atoms with Crippen molar-refractivity contribution in [3.05, 3.63) is 35.9 Å². The zero-order valence-electron chi connectivity index (χ0n) is 13.2. The first-order valence-corrected chi connectivity index (χ1v) is 9.41. The first-order valence-electron chi connectivity index (χ1n) is 7.80. The van der Waals surface area contributed by atoms with Crippen LogP contribution < -0.4 is 5.32 Å². The molecule has 1 fully saturated rings. The maximum Gasteiger partial charge on any atom is 0.238 e. The molecular formula is C16H24N2O3S. The van der Waals surface area contributed by atoms with Crippen molar-refractivity contribution in [2.24, 2.45) is 0 Å². The summed E-state index contributed by atoms with van der Waals surface area (Å²) in [4.78, 5) is 12.5. The molecule has 1 N–H and O–H groups in total. The molecule has 1 amide bonds. The highest BCUT2D eigenvalue weighted by molar-refractivity contribution is 7.89. The van der Waals surface area contributed by atoms with Gasteiger partial charge in [-0.15, -0.1) is 0 Å². The fourth-order valence-electron chi connectivity index (χ4n) is 2.84. The van der Waals surface area contributed by atoms with Gasteiger partial charge in [0, 0.05) is 6.54 Å². The number of rotatable bonds is 6. The van der Waals surface area contributed by atoms with Crippen molar-refractivity contribution >= 4 is 15.9 Å². The third kappa shape index (κ3) is 3.87. The van der Waals surface area contributed by atoms with E-state index in [1.54, 1.807) is 0 Å². The summed E-state index contributed by atoms with van der Waals surface area (Å²) >= 11 is 0. The third-order valence-electron chi connectivity index (χ3n) is 3.98. The van der Waals surface area contributed by atoms with Crippen LogP contribution >= 0.6 is 0 Å². The summed E-state index contributed by atoms with van der Waals surface area (Å²) in [5.74, 6) is -0.0982. The minimum absolute atomic E-state index is 0.102. The van der Waals surface area contributed by atoms with Gasteiger partial charge in [-0.05, 0) is 31.7 Å². The second-order valence-electron chi connectivity index (χ2n) is 5.73. The SMILES string of the molecule is CCCS(=O)(=O)N1CCC[C@@H]1C(=O)N[C@H](C)c1ccccc1. The second-order valence-corrected chi connectivity index (χ2v) is 7.77. The highest BCUT2D eigenvalue weighted by Gasteiger charge is 2.38. The van der Waals surface area contributed by atoms with Gasteiger partial charge in [0.15, 0.2) is 0 Å². The minimum atomic E-state index is -3.33. The van der Waals surface area contributed by atoms with Crippen molar-refractivity contribution in [3.8, 4) is 0 Å². The van der Waals surface area contributed by atoms with Crippen LogP contribution in [0, 0.1) is 0 Å². The number of benzene rings is 1. The Morgan fingerprint density at radius 2 is 2.05 bits per heavy atom. The van der Waals surface area contributed by atoms with Crippen LogP contribution in [0.3, 0.4) is 0 Å². The van der Waals surface area contributed by atoms with Gasteiger partial charge in [0.1, 0.15) is 6.04 Å². The van der Waals surface area contributed by atoms with Crippen molar-refractivity contribution in [3.63, 3.8) is 0 Å². The molecule has 22 heavy (non-hydrogen) atoms. The first kappa shape index (κ1) is 17.0. The Bertz CT molecular complexity index is 601. The standard InChI is InChI=1S/C16H24N2O3S/c1-3-12-22(20,21)18-11-7-10-15(18)16(19)17-13(2)14-8-5-4-6-9-14/h4-6,8-9,13,15H,3,7,10-12H2,1-2H3,(H,17,19)/t13-,15-/m1/s1. The summed E-state index contributed by atoms with van der Waals surface area (Å²) in [6.45, 7) is 4.19. The quantitative estimate of drug-likeness (QED) is 0.871. The lowest BCUT2D eigenvalue weighted by Crippen LogP contribution is -2.47. The lowest BCUT2D eigenvalue weighted by atomic mass is 10.1. The molecule has 0 aliphatic carbocycles. The number of nitrogens with zero attached hydrogens (tertiary/aromatic N) is 1. The number of amides is 1. The van der Waals surface area contributed by atoms with Crippen LogP contribution in [0.25, 0.3) is 0 Å². The number of carbonyl (C=O) groups is 1. The van der Waals surface area contributed by atoms with Crippen molar-refractivity contribution in [1.82, 2.24) is 9.62 Å². The minimum Gasteiger partial charge on any atom is -0.348 e. The van der Waals surface area contributed by atoms with Crippen molar-refractivity contribution in [2.75, 3.05) is 12.3 Å². The van der Waals surface area contributed by atoms with Gasteiger partial charge >= 0.3 is 0 Å². The van der Waals surface area contributed by atoms with Gasteiger partial charge in [0.2, 0.25) is 15.9 Å². The highest BCUT2D eigenvalue weighted by atomic mass is 32.2. The highest BCUT2D eigenvalue weighted by Crippen LogP contribution is 2.23. The van der Waals surface area contributed by atoms with Crippen LogP contribution in [-0.4, -0.2) is 37.0 Å². The number of hydrogen-bond donors (Lipinski definition) is 1. The topological polar surface area (TPSA) is 66.5 Å². The molecule has 5 nitrogen and oxygen atoms in total. The monoisotopic (exact) mass is 324 g/mol. The fraction of sp³-hybridized carbons (Fsp3) is 0.562. The van der Waals surface area contributed by atoms with Gasteiger partial charge in [0.05, 0.1) is 11.8 Å². The molecule has 1 aromatic carbocycles. The number of nitrogens with one attached hydrogen (secondary N) is 1. The molecule has 0 radical (unpaired) electrons. The van der Waals surface area contributed by atoms with Crippen molar-refractivity contribution in [1.29, 1.82) is 0 Å². The maximum absolute atomic E-state index is 12.5. The van der Waals surface area contributed by atoms with Gasteiger partial charge in [-0.1, -0.05) is 37.3 Å². The zero-order chi connectivity index (χ0) is 16.2. The van der Waals surface area contributed by atoms with E-state index in [0.717, 1.165) is 12.0 Å². The van der Waals surface area contributed by atoms with E-state index >= 15 is 0 Å². The zero-order valence-corrected chi connectivity index (χ0v) is 14.0.